The number of unbranched alkanes of at least 4 members (excludes halogenated alkanes) is 11. The zero-order chi connectivity index (χ0) is 90.9. The van der Waals surface area contributed by atoms with Crippen LogP contribution in [0, 0.1) is 54.1 Å². The molecule has 117 heavy (non-hydrogen) atoms. The van der Waals surface area contributed by atoms with E-state index in [4.69, 9.17) is 33.5 Å². The topological polar surface area (TPSA) is 75.6 Å². The molecule has 0 spiro atoms. The second kappa shape index (κ2) is 62.1. The van der Waals surface area contributed by atoms with Crippen molar-refractivity contribution in [3.63, 3.8) is 0 Å². The van der Waals surface area contributed by atoms with E-state index in [1.165, 1.54) is 137 Å². The molecule has 5 aromatic carbocycles. The predicted octanol–water partition coefficient (Wildman–Crippen LogP) is 33.7. The molecule has 7 nitrogen and oxygen atoms in total. The summed E-state index contributed by atoms with van der Waals surface area (Å²) in [7, 11) is 6.66. The number of alkyl halides is 3. The average Bonchev–Trinajstić information content (AvgIpc) is 1.24. The zero-order valence-corrected chi connectivity index (χ0v) is 83.2. The zero-order valence-electron chi connectivity index (χ0n) is 83.2. The van der Waals surface area contributed by atoms with Gasteiger partial charge < -0.3 is 33.5 Å². The lowest BCUT2D eigenvalue weighted by Crippen LogP contribution is -2.18. The van der Waals surface area contributed by atoms with Crippen LogP contribution in [0.3, 0.4) is 0 Å². The van der Waals surface area contributed by atoms with Gasteiger partial charge in [0, 0.05) is 19.4 Å². The van der Waals surface area contributed by atoms with Crippen LogP contribution < -0.4 is 18.9 Å². The Balaban J connectivity index is -0.000000610. The SMILES string of the molecule is CC(C)(C)CC(F)(F)F.CC(C)(C)CC1OCCO1.CC(C)(C)CCCCO.CC(C)(C)Cc1ccccc1.CC(C)(C)Cc1ccccc1.CC(C)(C)Cc1ccccc1.CCCCCCCCC(C)(C)C.CCCCCCCCC(C)(C)C.COc1ccc(CCC(C)(C)C)cc1OC.COc1ccc(CCC(C)(C)C)cc1OC. The van der Waals surface area contributed by atoms with Gasteiger partial charge in [-0.15, -0.1) is 0 Å². The van der Waals surface area contributed by atoms with Crippen LogP contribution in [0.25, 0.3) is 0 Å². The Kier molecular flexibility index (Phi) is 62.8. The van der Waals surface area contributed by atoms with E-state index >= 15 is 0 Å². The van der Waals surface area contributed by atoms with Crippen LogP contribution in [-0.4, -0.2) is 65.8 Å². The van der Waals surface area contributed by atoms with Crippen molar-refractivity contribution < 1.29 is 46.7 Å². The Labute approximate surface area is 724 Å². The van der Waals surface area contributed by atoms with Crippen molar-refractivity contribution in [2.45, 2.75) is 401 Å². The van der Waals surface area contributed by atoms with Crippen LogP contribution >= 0.6 is 0 Å². The highest BCUT2D eigenvalue weighted by molar-refractivity contribution is 5.44. The summed E-state index contributed by atoms with van der Waals surface area (Å²) in [6.45, 7) is 72.3. The van der Waals surface area contributed by atoms with Crippen LogP contribution in [0.4, 0.5) is 13.2 Å². The molecule has 10 heteroatoms. The van der Waals surface area contributed by atoms with Crippen molar-refractivity contribution in [2.75, 3.05) is 48.3 Å². The Hall–Kier alpha value is -5.03. The number of aryl methyl sites for hydroxylation is 2. The minimum Gasteiger partial charge on any atom is -0.493 e. The summed E-state index contributed by atoms with van der Waals surface area (Å²) in [5.41, 5.74) is 10.0. The van der Waals surface area contributed by atoms with Crippen LogP contribution in [0.5, 0.6) is 23.0 Å². The number of rotatable bonds is 27. The molecule has 1 saturated heterocycles. The summed E-state index contributed by atoms with van der Waals surface area (Å²) in [6, 6.07) is 44.2. The number of aliphatic hydroxyl groups is 1. The van der Waals surface area contributed by atoms with Gasteiger partial charge in [-0.2, -0.15) is 13.2 Å². The van der Waals surface area contributed by atoms with Gasteiger partial charge in [0.25, 0.3) is 0 Å². The number of hydrogen-bond acceptors (Lipinski definition) is 7. The molecule has 5 aromatic rings. The predicted molar refractivity (Wildman–Crippen MR) is 509 cm³/mol. The fourth-order valence-electron chi connectivity index (χ4n) is 12.0. The number of halogens is 3. The third-order valence-corrected chi connectivity index (χ3v) is 18.1. The lowest BCUT2D eigenvalue weighted by Gasteiger charge is -2.21. The molecular weight excluding hydrogens is 1450 g/mol. The third-order valence-electron chi connectivity index (χ3n) is 18.1. The first-order valence-corrected chi connectivity index (χ1v) is 45.1. The van der Waals surface area contributed by atoms with Crippen molar-refractivity contribution in [1.29, 1.82) is 0 Å². The largest absolute Gasteiger partial charge is 0.493 e. The standard InChI is InChI=1S/2C14H22O2.2C12H26.3C11H16.C8H16O2.C8H18O.C6H11F3/c2*1-14(2,3)9-8-11-6-7-12(15-4)13(10-11)16-5;2*1-5-6-7-8-9-10-11-12(2,3)4;3*1-11(2,3)9-10-7-5-4-6-8-10;1-8(2,3)6-7-9-4-5-10-7;1-8(2,3)6-4-5-7-9;1-5(2,3)4-6(7,8)9/h2*6-7,10H,8-9H2,1-5H3;2*5-11H2,1-4H3;3*4-8H,9H2,1-3H3;7H,4-6H2,1-3H3;9H,4-7H2,1-3H3;4H2,1-3H3. The first kappa shape index (κ1) is 118. The lowest BCUT2D eigenvalue weighted by atomic mass is 9.88. The number of methoxy groups -OCH3 is 4. The van der Waals surface area contributed by atoms with Gasteiger partial charge in [-0.05, 0) is 177 Å². The molecule has 0 aliphatic carbocycles. The highest BCUT2D eigenvalue weighted by Crippen LogP contribution is 2.35. The van der Waals surface area contributed by atoms with E-state index in [1.54, 1.807) is 49.2 Å². The minimum absolute atomic E-state index is 0.0556. The molecule has 0 aromatic heterocycles. The van der Waals surface area contributed by atoms with Crippen LogP contribution in [-0.2, 0) is 41.6 Å². The number of hydrogen-bond donors (Lipinski definition) is 1. The Morgan fingerprint density at radius 2 is 0.564 bits per heavy atom. The number of benzene rings is 5. The summed E-state index contributed by atoms with van der Waals surface area (Å²) >= 11 is 0. The fraction of sp³-hybridized carbons (Fsp3) is 0.720. The van der Waals surface area contributed by atoms with Gasteiger partial charge in [-0.1, -0.05) is 408 Å². The highest BCUT2D eigenvalue weighted by atomic mass is 19.4. The van der Waals surface area contributed by atoms with Gasteiger partial charge in [-0.3, -0.25) is 0 Å². The number of ether oxygens (including phenoxy) is 6. The fourth-order valence-corrected chi connectivity index (χ4v) is 12.0. The van der Waals surface area contributed by atoms with E-state index < -0.39 is 18.0 Å². The second-order valence-corrected chi connectivity index (χ2v) is 44.4. The second-order valence-electron chi connectivity index (χ2n) is 44.4. The summed E-state index contributed by atoms with van der Waals surface area (Å²) in [6.07, 6.45) is 27.5. The Bertz CT molecular complexity index is 2830. The van der Waals surface area contributed by atoms with Crippen molar-refractivity contribution in [3.05, 3.63) is 155 Å². The molecule has 0 saturated carbocycles. The van der Waals surface area contributed by atoms with Gasteiger partial charge in [-0.25, -0.2) is 0 Å². The van der Waals surface area contributed by atoms with Gasteiger partial charge >= 0.3 is 6.18 Å². The van der Waals surface area contributed by atoms with E-state index in [-0.39, 0.29) is 6.29 Å². The van der Waals surface area contributed by atoms with E-state index in [9.17, 15) is 13.2 Å². The first-order valence-electron chi connectivity index (χ1n) is 45.1. The van der Waals surface area contributed by atoms with E-state index in [1.807, 2.05) is 12.1 Å². The normalized spacial score (nSPS) is 12.7. The van der Waals surface area contributed by atoms with Gasteiger partial charge in [0.2, 0.25) is 0 Å². The first-order chi connectivity index (χ1) is 53.6. The smallest absolute Gasteiger partial charge is 0.389 e. The lowest BCUT2D eigenvalue weighted by molar-refractivity contribution is -0.152. The van der Waals surface area contributed by atoms with Crippen LogP contribution in [0.2, 0.25) is 0 Å². The molecule has 6 rings (SSSR count). The molecule has 1 aliphatic rings. The summed E-state index contributed by atoms with van der Waals surface area (Å²) in [5, 5.41) is 8.46. The average molecular weight is 1640 g/mol. The maximum absolute atomic E-state index is 11.6. The highest BCUT2D eigenvalue weighted by Gasteiger charge is 2.33. The van der Waals surface area contributed by atoms with Crippen LogP contribution in [0.1, 0.15) is 384 Å². The van der Waals surface area contributed by atoms with Crippen molar-refractivity contribution >= 4 is 0 Å². The minimum atomic E-state index is -4.02. The molecule has 0 atom stereocenters. The molecule has 1 N–H and O–H groups in total. The van der Waals surface area contributed by atoms with Gasteiger partial charge in [0.05, 0.1) is 41.7 Å². The molecule has 0 bridgehead atoms. The molecule has 0 amide bonds. The third kappa shape index (κ3) is 88.6. The molecule has 1 aliphatic heterocycles. The van der Waals surface area contributed by atoms with Crippen LogP contribution in [0.15, 0.2) is 127 Å². The van der Waals surface area contributed by atoms with E-state index in [0.29, 0.717) is 55.3 Å². The van der Waals surface area contributed by atoms with Crippen molar-refractivity contribution in [3.8, 4) is 23.0 Å². The maximum Gasteiger partial charge on any atom is 0.389 e. The van der Waals surface area contributed by atoms with E-state index in [2.05, 4.69) is 316 Å². The summed E-state index contributed by atoms with van der Waals surface area (Å²) in [5.74, 6) is 3.21. The molecule has 680 valence electrons. The summed E-state index contributed by atoms with van der Waals surface area (Å²) in [4.78, 5) is 0. The van der Waals surface area contributed by atoms with Crippen molar-refractivity contribution in [2.24, 2.45) is 54.1 Å². The summed E-state index contributed by atoms with van der Waals surface area (Å²) < 4.78 is 66.3. The Morgan fingerprint density at radius 1 is 0.299 bits per heavy atom. The molecule has 0 radical (unpaired) electrons. The molecule has 1 fully saturated rings. The van der Waals surface area contributed by atoms with Crippen molar-refractivity contribution in [1.82, 2.24) is 0 Å². The molecular formula is C107H189F3O7. The maximum atomic E-state index is 11.6. The van der Waals surface area contributed by atoms with Gasteiger partial charge in [0.1, 0.15) is 0 Å². The van der Waals surface area contributed by atoms with E-state index in [0.717, 1.165) is 87.6 Å². The molecule has 0 unspecified atom stereocenters. The number of aliphatic hydroxyl groups excluding tert-OH is 1. The monoisotopic (exact) mass is 1640 g/mol. The molecule has 1 heterocycles. The Morgan fingerprint density at radius 3 is 0.778 bits per heavy atom. The quantitative estimate of drug-likeness (QED) is 0.0525. The van der Waals surface area contributed by atoms with Gasteiger partial charge in [0.15, 0.2) is 29.3 Å².